The van der Waals surface area contributed by atoms with Crippen LogP contribution in [0, 0.1) is 11.3 Å². The van der Waals surface area contributed by atoms with E-state index in [0.717, 1.165) is 0 Å². The zero-order chi connectivity index (χ0) is 13.6. The molecule has 0 aliphatic carbocycles. The van der Waals surface area contributed by atoms with Crippen LogP contribution in [0.4, 0.5) is 0 Å². The van der Waals surface area contributed by atoms with E-state index in [9.17, 15) is 5.26 Å². The molecule has 0 saturated carbocycles. The van der Waals surface area contributed by atoms with Crippen LogP contribution < -0.4 is 5.32 Å². The fourth-order valence-electron chi connectivity index (χ4n) is 1.96. The number of nitriles is 1. The topological polar surface area (TPSA) is 45.0 Å². The highest BCUT2D eigenvalue weighted by molar-refractivity contribution is 5.16. The average Bonchev–Trinajstić information content (AvgIpc) is 2.37. The van der Waals surface area contributed by atoms with E-state index < -0.39 is 5.54 Å². The Morgan fingerprint density at radius 3 is 2.33 bits per heavy atom. The first-order valence-electron chi connectivity index (χ1n) is 6.16. The molecule has 1 aromatic rings. The van der Waals surface area contributed by atoms with Crippen LogP contribution in [0.15, 0.2) is 30.3 Å². The molecule has 18 heavy (non-hydrogen) atoms. The van der Waals surface area contributed by atoms with Gasteiger partial charge < -0.3 is 4.74 Å². The van der Waals surface area contributed by atoms with Crippen molar-refractivity contribution in [2.24, 2.45) is 0 Å². The summed E-state index contributed by atoms with van der Waals surface area (Å²) in [4.78, 5) is 0. The molecule has 1 N–H and O–H groups in total. The highest BCUT2D eigenvalue weighted by Gasteiger charge is 2.32. The van der Waals surface area contributed by atoms with E-state index in [2.05, 4.69) is 11.4 Å². The lowest BCUT2D eigenvalue weighted by Gasteiger charge is -2.32. The Morgan fingerprint density at radius 2 is 1.83 bits per heavy atom. The van der Waals surface area contributed by atoms with Gasteiger partial charge >= 0.3 is 0 Å². The standard InChI is InChI=1S/C15H22N2O/c1-14(2,18-4)11-15(3,12-16)17-10-13-8-6-5-7-9-13/h5-9,17H,10-11H2,1-4H3. The van der Waals surface area contributed by atoms with Gasteiger partial charge in [-0.25, -0.2) is 0 Å². The molecular formula is C15H22N2O. The smallest absolute Gasteiger partial charge is 0.106 e. The minimum atomic E-state index is -0.588. The van der Waals surface area contributed by atoms with Crippen molar-refractivity contribution < 1.29 is 4.74 Å². The van der Waals surface area contributed by atoms with Crippen LogP contribution in [0.3, 0.4) is 0 Å². The zero-order valence-electron chi connectivity index (χ0n) is 11.7. The number of benzene rings is 1. The van der Waals surface area contributed by atoms with Gasteiger partial charge in [-0.05, 0) is 26.3 Å². The van der Waals surface area contributed by atoms with Gasteiger partial charge in [-0.15, -0.1) is 0 Å². The quantitative estimate of drug-likeness (QED) is 0.839. The molecule has 0 bridgehead atoms. The van der Waals surface area contributed by atoms with Crippen molar-refractivity contribution in [2.45, 2.75) is 44.9 Å². The lowest BCUT2D eigenvalue weighted by Crippen LogP contribution is -2.46. The van der Waals surface area contributed by atoms with Gasteiger partial charge in [0, 0.05) is 20.1 Å². The van der Waals surface area contributed by atoms with E-state index in [4.69, 9.17) is 4.74 Å². The predicted molar refractivity (Wildman–Crippen MR) is 73.0 cm³/mol. The van der Waals surface area contributed by atoms with Crippen LogP contribution in [0.5, 0.6) is 0 Å². The van der Waals surface area contributed by atoms with Crippen molar-refractivity contribution in [3.63, 3.8) is 0 Å². The third kappa shape index (κ3) is 4.48. The Bertz CT molecular complexity index is 408. The fourth-order valence-corrected chi connectivity index (χ4v) is 1.96. The minimum absolute atomic E-state index is 0.311. The van der Waals surface area contributed by atoms with Gasteiger partial charge in [0.2, 0.25) is 0 Å². The lowest BCUT2D eigenvalue weighted by molar-refractivity contribution is 0.000945. The molecule has 0 aliphatic rings. The third-order valence-corrected chi connectivity index (χ3v) is 3.10. The van der Waals surface area contributed by atoms with Crippen molar-refractivity contribution in [2.75, 3.05) is 7.11 Å². The maximum Gasteiger partial charge on any atom is 0.106 e. The van der Waals surface area contributed by atoms with Crippen molar-refractivity contribution in [3.05, 3.63) is 35.9 Å². The zero-order valence-corrected chi connectivity index (χ0v) is 11.7. The van der Waals surface area contributed by atoms with Gasteiger partial charge in [-0.2, -0.15) is 5.26 Å². The van der Waals surface area contributed by atoms with Gasteiger partial charge in [-0.1, -0.05) is 30.3 Å². The van der Waals surface area contributed by atoms with Crippen molar-refractivity contribution in [3.8, 4) is 6.07 Å². The predicted octanol–water partition coefficient (Wildman–Crippen LogP) is 2.87. The highest BCUT2D eigenvalue weighted by Crippen LogP contribution is 2.23. The number of rotatable bonds is 6. The summed E-state index contributed by atoms with van der Waals surface area (Å²) in [5, 5.41) is 12.7. The molecule has 0 aliphatic heterocycles. The maximum absolute atomic E-state index is 9.35. The molecule has 98 valence electrons. The van der Waals surface area contributed by atoms with Crippen molar-refractivity contribution in [1.29, 1.82) is 5.26 Å². The SMILES string of the molecule is COC(C)(C)CC(C)(C#N)NCc1ccccc1. The first-order chi connectivity index (χ1) is 8.41. The van der Waals surface area contributed by atoms with Crippen molar-refractivity contribution in [1.82, 2.24) is 5.32 Å². The van der Waals surface area contributed by atoms with E-state index in [0.29, 0.717) is 13.0 Å². The molecule has 3 heteroatoms. The average molecular weight is 246 g/mol. The van der Waals surface area contributed by atoms with Gasteiger partial charge in [-0.3, -0.25) is 5.32 Å². The number of methoxy groups -OCH3 is 1. The normalized spacial score (nSPS) is 14.8. The minimum Gasteiger partial charge on any atom is -0.379 e. The molecule has 3 nitrogen and oxygen atoms in total. The van der Waals surface area contributed by atoms with Crippen LogP contribution in [0.1, 0.15) is 32.8 Å². The Kier molecular flexibility index (Phi) is 4.89. The number of hydrogen-bond donors (Lipinski definition) is 1. The molecule has 0 amide bonds. The summed E-state index contributed by atoms with van der Waals surface area (Å²) >= 11 is 0. The molecule has 0 fully saturated rings. The molecule has 1 atom stereocenters. The van der Waals surface area contributed by atoms with Crippen molar-refractivity contribution >= 4 is 0 Å². The first-order valence-corrected chi connectivity index (χ1v) is 6.16. The molecule has 0 aromatic heterocycles. The summed E-state index contributed by atoms with van der Waals surface area (Å²) in [6, 6.07) is 12.4. The maximum atomic E-state index is 9.35. The summed E-state index contributed by atoms with van der Waals surface area (Å²) in [6.45, 7) is 6.58. The fraction of sp³-hybridized carbons (Fsp3) is 0.533. The Morgan fingerprint density at radius 1 is 1.22 bits per heavy atom. The second-order valence-electron chi connectivity index (χ2n) is 5.42. The highest BCUT2D eigenvalue weighted by atomic mass is 16.5. The summed E-state index contributed by atoms with van der Waals surface area (Å²) in [5.74, 6) is 0. The van der Waals surface area contributed by atoms with Crippen LogP contribution >= 0.6 is 0 Å². The molecule has 0 heterocycles. The van der Waals surface area contributed by atoms with Crippen LogP contribution in [0.25, 0.3) is 0 Å². The van der Waals surface area contributed by atoms with E-state index in [1.165, 1.54) is 5.56 Å². The number of hydrogen-bond acceptors (Lipinski definition) is 3. The lowest BCUT2D eigenvalue weighted by atomic mass is 9.88. The molecule has 1 aromatic carbocycles. The summed E-state index contributed by atoms with van der Waals surface area (Å²) < 4.78 is 5.40. The van der Waals surface area contributed by atoms with E-state index in [-0.39, 0.29) is 5.60 Å². The third-order valence-electron chi connectivity index (χ3n) is 3.10. The number of ether oxygens (including phenoxy) is 1. The largest absolute Gasteiger partial charge is 0.379 e. The second-order valence-corrected chi connectivity index (χ2v) is 5.42. The molecule has 1 rings (SSSR count). The molecule has 0 radical (unpaired) electrons. The second kappa shape index (κ2) is 5.99. The van der Waals surface area contributed by atoms with Gasteiger partial charge in [0.1, 0.15) is 5.54 Å². The number of nitrogens with zero attached hydrogens (tertiary/aromatic N) is 1. The summed E-state index contributed by atoms with van der Waals surface area (Å²) in [6.07, 6.45) is 0.639. The van der Waals surface area contributed by atoms with Crippen LogP contribution in [0.2, 0.25) is 0 Å². The van der Waals surface area contributed by atoms with Gasteiger partial charge in [0.25, 0.3) is 0 Å². The Hall–Kier alpha value is -1.37. The van der Waals surface area contributed by atoms with E-state index in [1.54, 1.807) is 7.11 Å². The van der Waals surface area contributed by atoms with E-state index in [1.807, 2.05) is 51.1 Å². The Balaban J connectivity index is 2.64. The van der Waals surface area contributed by atoms with Gasteiger partial charge in [0.05, 0.1) is 11.7 Å². The van der Waals surface area contributed by atoms with Crippen LogP contribution in [-0.4, -0.2) is 18.2 Å². The summed E-state index contributed by atoms with van der Waals surface area (Å²) in [5.41, 5.74) is 0.276. The Labute approximate surface area is 110 Å². The number of nitrogens with one attached hydrogen (secondary N) is 1. The summed E-state index contributed by atoms with van der Waals surface area (Å²) in [7, 11) is 1.68. The molecule has 0 spiro atoms. The van der Waals surface area contributed by atoms with Crippen LogP contribution in [-0.2, 0) is 11.3 Å². The van der Waals surface area contributed by atoms with Gasteiger partial charge in [0.15, 0.2) is 0 Å². The monoisotopic (exact) mass is 246 g/mol. The molecular weight excluding hydrogens is 224 g/mol. The molecule has 0 saturated heterocycles. The molecule has 1 unspecified atom stereocenters. The van der Waals surface area contributed by atoms with E-state index >= 15 is 0 Å². The first kappa shape index (κ1) is 14.7.